The average Bonchev–Trinajstić information content (AvgIpc) is 3.15. The Kier molecular flexibility index (Phi) is 4.60. The molecule has 2 heterocycles. The van der Waals surface area contributed by atoms with Crippen LogP contribution in [0.1, 0.15) is 29.2 Å². The molecule has 0 saturated carbocycles. The van der Waals surface area contributed by atoms with Crippen LogP contribution in [0, 0.1) is 6.92 Å². The van der Waals surface area contributed by atoms with Crippen molar-refractivity contribution >= 4 is 11.6 Å². The molecule has 2 aromatic heterocycles. The Morgan fingerprint density at radius 1 is 0.962 bits per heavy atom. The molecule has 0 bridgehead atoms. The molecular formula is C21H21N5. The zero-order valence-corrected chi connectivity index (χ0v) is 14.7. The maximum atomic E-state index is 4.38. The van der Waals surface area contributed by atoms with Gasteiger partial charge in [-0.3, -0.25) is 0 Å². The number of aromatic nitrogens is 4. The summed E-state index contributed by atoms with van der Waals surface area (Å²) in [6, 6.07) is 23.3. The number of aryl methyl sites for hydroxylation is 1. The molecule has 5 heteroatoms. The van der Waals surface area contributed by atoms with Crippen LogP contribution >= 0.6 is 0 Å². The van der Waals surface area contributed by atoms with Crippen LogP contribution in [0.15, 0.2) is 73.1 Å². The van der Waals surface area contributed by atoms with Crippen molar-refractivity contribution in [1.29, 1.82) is 0 Å². The molecule has 5 nitrogen and oxygen atoms in total. The minimum Gasteiger partial charge on any atom is -0.370 e. The fraction of sp³-hybridized carbons (Fsp3) is 0.190. The van der Waals surface area contributed by atoms with E-state index in [0.29, 0.717) is 11.7 Å². The van der Waals surface area contributed by atoms with Gasteiger partial charge in [0.1, 0.15) is 12.1 Å². The number of hydrogen-bond acceptors (Lipinski definition) is 4. The van der Waals surface area contributed by atoms with E-state index in [1.165, 1.54) is 17.5 Å². The van der Waals surface area contributed by atoms with Crippen molar-refractivity contribution in [3.05, 3.63) is 89.9 Å². The average molecular weight is 343 g/mol. The van der Waals surface area contributed by atoms with E-state index in [9.17, 15) is 0 Å². The van der Waals surface area contributed by atoms with Gasteiger partial charge in [-0.1, -0.05) is 60.7 Å². The Labute approximate surface area is 152 Å². The van der Waals surface area contributed by atoms with Crippen LogP contribution < -0.4 is 5.32 Å². The van der Waals surface area contributed by atoms with E-state index in [0.717, 1.165) is 24.5 Å². The first-order valence-electron chi connectivity index (χ1n) is 8.82. The van der Waals surface area contributed by atoms with Crippen molar-refractivity contribution in [1.82, 2.24) is 19.6 Å². The summed E-state index contributed by atoms with van der Waals surface area (Å²) in [5, 5.41) is 7.76. The molecule has 0 aliphatic rings. The van der Waals surface area contributed by atoms with Gasteiger partial charge in [-0.15, -0.1) is 0 Å². The number of anilines is 1. The minimum atomic E-state index is 0.346. The van der Waals surface area contributed by atoms with Gasteiger partial charge < -0.3 is 5.32 Å². The summed E-state index contributed by atoms with van der Waals surface area (Å²) in [6.45, 7) is 2.80. The highest BCUT2D eigenvalue weighted by molar-refractivity contribution is 5.44. The molecule has 0 radical (unpaired) electrons. The lowest BCUT2D eigenvalue weighted by Crippen LogP contribution is -2.12. The second-order valence-electron chi connectivity index (χ2n) is 6.34. The third-order valence-corrected chi connectivity index (χ3v) is 4.52. The van der Waals surface area contributed by atoms with E-state index in [2.05, 4.69) is 81.0 Å². The highest BCUT2D eigenvalue weighted by atomic mass is 15.3. The van der Waals surface area contributed by atoms with Gasteiger partial charge in [0, 0.05) is 24.2 Å². The Hall–Kier alpha value is -3.21. The molecule has 4 rings (SSSR count). The number of rotatable bonds is 6. The van der Waals surface area contributed by atoms with Gasteiger partial charge >= 0.3 is 0 Å². The lowest BCUT2D eigenvalue weighted by Gasteiger charge is -2.19. The first-order valence-corrected chi connectivity index (χ1v) is 8.82. The number of nitrogens with zero attached hydrogens (tertiary/aromatic N) is 4. The summed E-state index contributed by atoms with van der Waals surface area (Å²) in [6.07, 6.45) is 2.51. The fourth-order valence-corrected chi connectivity index (χ4v) is 3.30. The van der Waals surface area contributed by atoms with Crippen molar-refractivity contribution in [2.24, 2.45) is 0 Å². The maximum absolute atomic E-state index is 4.38. The lowest BCUT2D eigenvalue weighted by molar-refractivity contribution is 0.739. The maximum Gasteiger partial charge on any atom is 0.254 e. The zero-order chi connectivity index (χ0) is 17.8. The standard InChI is InChI=1S/C21H21N5/c1-16-14-20(26-21(25-16)23-15-24-26)22-13-12-19(17-8-4-2-5-9-17)18-10-6-3-7-11-18/h2-11,14-15,19,22H,12-13H2,1H3. The van der Waals surface area contributed by atoms with E-state index in [1.807, 2.05) is 13.0 Å². The molecule has 26 heavy (non-hydrogen) atoms. The summed E-state index contributed by atoms with van der Waals surface area (Å²) in [7, 11) is 0. The third-order valence-electron chi connectivity index (χ3n) is 4.52. The molecule has 4 aromatic rings. The summed E-state index contributed by atoms with van der Waals surface area (Å²) in [5.74, 6) is 1.89. The first kappa shape index (κ1) is 16.3. The highest BCUT2D eigenvalue weighted by Crippen LogP contribution is 2.27. The largest absolute Gasteiger partial charge is 0.370 e. The normalized spacial score (nSPS) is 11.2. The number of fused-ring (bicyclic) bond motifs is 1. The van der Waals surface area contributed by atoms with Crippen molar-refractivity contribution in [2.45, 2.75) is 19.3 Å². The second kappa shape index (κ2) is 7.35. The van der Waals surface area contributed by atoms with E-state index >= 15 is 0 Å². The SMILES string of the molecule is Cc1cc(NCCC(c2ccccc2)c2ccccc2)n2ncnc2n1. The molecule has 1 N–H and O–H groups in total. The molecule has 0 spiro atoms. The van der Waals surface area contributed by atoms with Crippen LogP contribution in [-0.2, 0) is 0 Å². The molecule has 0 atom stereocenters. The quantitative estimate of drug-likeness (QED) is 0.573. The number of benzene rings is 2. The first-order chi connectivity index (χ1) is 12.8. The van der Waals surface area contributed by atoms with Gasteiger partial charge in [0.2, 0.25) is 0 Å². The van der Waals surface area contributed by atoms with Crippen LogP contribution in [0.25, 0.3) is 5.78 Å². The van der Waals surface area contributed by atoms with E-state index < -0.39 is 0 Å². The molecule has 0 unspecified atom stereocenters. The number of nitrogens with one attached hydrogen (secondary N) is 1. The van der Waals surface area contributed by atoms with Crippen molar-refractivity contribution in [2.75, 3.05) is 11.9 Å². The molecule has 130 valence electrons. The molecule has 0 amide bonds. The van der Waals surface area contributed by atoms with Crippen LogP contribution in [0.4, 0.5) is 5.82 Å². The number of hydrogen-bond donors (Lipinski definition) is 1. The van der Waals surface area contributed by atoms with Crippen molar-refractivity contribution < 1.29 is 0 Å². The van der Waals surface area contributed by atoms with Gasteiger partial charge in [-0.25, -0.2) is 4.98 Å². The molecular weight excluding hydrogens is 322 g/mol. The molecule has 0 saturated heterocycles. The molecule has 0 aliphatic carbocycles. The third kappa shape index (κ3) is 3.42. The van der Waals surface area contributed by atoms with Crippen LogP contribution in [0.3, 0.4) is 0 Å². The van der Waals surface area contributed by atoms with Crippen molar-refractivity contribution in [3.63, 3.8) is 0 Å². The van der Waals surface area contributed by atoms with Gasteiger partial charge in [0.15, 0.2) is 0 Å². The topological polar surface area (TPSA) is 55.1 Å². The fourth-order valence-electron chi connectivity index (χ4n) is 3.30. The van der Waals surface area contributed by atoms with Crippen LogP contribution in [0.5, 0.6) is 0 Å². The molecule has 0 aliphatic heterocycles. The van der Waals surface area contributed by atoms with Gasteiger partial charge in [0.05, 0.1) is 0 Å². The second-order valence-corrected chi connectivity index (χ2v) is 6.34. The predicted molar refractivity (Wildman–Crippen MR) is 103 cm³/mol. The summed E-state index contributed by atoms with van der Waals surface area (Å²) in [4.78, 5) is 8.56. The Morgan fingerprint density at radius 3 is 2.27 bits per heavy atom. The summed E-state index contributed by atoms with van der Waals surface area (Å²) >= 11 is 0. The summed E-state index contributed by atoms with van der Waals surface area (Å²) < 4.78 is 1.74. The predicted octanol–water partition coefficient (Wildman–Crippen LogP) is 4.07. The van der Waals surface area contributed by atoms with E-state index in [1.54, 1.807) is 4.52 Å². The Morgan fingerprint density at radius 2 is 1.62 bits per heavy atom. The lowest BCUT2D eigenvalue weighted by atomic mass is 9.88. The van der Waals surface area contributed by atoms with Gasteiger partial charge in [0.25, 0.3) is 5.78 Å². The monoisotopic (exact) mass is 343 g/mol. The molecule has 2 aromatic carbocycles. The van der Waals surface area contributed by atoms with Crippen molar-refractivity contribution in [3.8, 4) is 0 Å². The van der Waals surface area contributed by atoms with E-state index in [-0.39, 0.29) is 0 Å². The van der Waals surface area contributed by atoms with Crippen LogP contribution in [-0.4, -0.2) is 26.1 Å². The Balaban J connectivity index is 1.54. The van der Waals surface area contributed by atoms with Gasteiger partial charge in [-0.2, -0.15) is 14.6 Å². The summed E-state index contributed by atoms with van der Waals surface area (Å²) in [5.41, 5.74) is 3.59. The minimum absolute atomic E-state index is 0.346. The smallest absolute Gasteiger partial charge is 0.254 e. The zero-order valence-electron chi connectivity index (χ0n) is 14.7. The van der Waals surface area contributed by atoms with Crippen LogP contribution in [0.2, 0.25) is 0 Å². The molecule has 0 fully saturated rings. The van der Waals surface area contributed by atoms with E-state index in [4.69, 9.17) is 0 Å². The highest BCUT2D eigenvalue weighted by Gasteiger charge is 2.14. The Bertz CT molecular complexity index is 940. The van der Waals surface area contributed by atoms with Gasteiger partial charge in [-0.05, 0) is 24.5 Å².